The number of carboxylic acid groups (broad SMARTS) is 1. The van der Waals surface area contributed by atoms with Gasteiger partial charge < -0.3 is 10.4 Å². The van der Waals surface area contributed by atoms with E-state index >= 15 is 0 Å². The van der Waals surface area contributed by atoms with Gasteiger partial charge in [-0.15, -0.1) is 0 Å². The predicted octanol–water partition coefficient (Wildman–Crippen LogP) is 4.13. The molecule has 2 N–H and O–H groups in total. The van der Waals surface area contributed by atoms with Crippen molar-refractivity contribution >= 4 is 23.3 Å². The molecule has 5 heteroatoms. The Hall–Kier alpha value is -2.43. The summed E-state index contributed by atoms with van der Waals surface area (Å²) < 4.78 is 0. The molecule has 1 fully saturated rings. The van der Waals surface area contributed by atoms with Crippen LogP contribution in [0.4, 0.5) is 5.69 Å². The first-order valence-corrected chi connectivity index (χ1v) is 9.44. The fourth-order valence-electron chi connectivity index (χ4n) is 3.98. The van der Waals surface area contributed by atoms with Gasteiger partial charge in [0.1, 0.15) is 0 Å². The van der Waals surface area contributed by atoms with Gasteiger partial charge in [-0.2, -0.15) is 0 Å². The number of hydrogen-bond donors (Lipinski definition) is 2. The number of ketones is 1. The second kappa shape index (κ2) is 8.30. The number of anilines is 1. The van der Waals surface area contributed by atoms with E-state index in [4.69, 9.17) is 5.11 Å². The fourth-order valence-corrected chi connectivity index (χ4v) is 3.98. The molecule has 3 rings (SSSR count). The zero-order valence-electron chi connectivity index (χ0n) is 14.9. The van der Waals surface area contributed by atoms with Crippen LogP contribution in [-0.4, -0.2) is 22.8 Å². The van der Waals surface area contributed by atoms with Gasteiger partial charge in [0.25, 0.3) is 0 Å². The highest BCUT2D eigenvalue weighted by Gasteiger charge is 2.23. The summed E-state index contributed by atoms with van der Waals surface area (Å²) in [5.74, 6) is -0.637. The SMILES string of the molecule is O=C(O)/C=C1\CCc2cc(NC(=O)CCC3CCCCC3)ccc2C1=O. The highest BCUT2D eigenvalue weighted by molar-refractivity contribution is 6.13. The number of carboxylic acids is 1. The summed E-state index contributed by atoms with van der Waals surface area (Å²) in [5.41, 5.74) is 2.43. The van der Waals surface area contributed by atoms with Crippen molar-refractivity contribution in [3.05, 3.63) is 41.0 Å². The number of amides is 1. The number of Topliss-reactive ketones (excluding diaryl/α,β-unsaturated/α-hetero) is 1. The van der Waals surface area contributed by atoms with Crippen LogP contribution in [0.5, 0.6) is 0 Å². The van der Waals surface area contributed by atoms with E-state index in [-0.39, 0.29) is 11.7 Å². The number of carbonyl (C=O) groups is 3. The predicted molar refractivity (Wildman–Crippen MR) is 99.3 cm³/mol. The molecule has 0 saturated heterocycles. The standard InChI is InChI=1S/C21H25NO4/c23-19(11-6-14-4-2-1-3-5-14)22-17-9-10-18-15(12-17)7-8-16(21(18)26)13-20(24)25/h9-10,12-14H,1-8,11H2,(H,22,23)(H,24,25)/b16-13+. The summed E-state index contributed by atoms with van der Waals surface area (Å²) in [6.45, 7) is 0. The summed E-state index contributed by atoms with van der Waals surface area (Å²) in [7, 11) is 0. The Morgan fingerprint density at radius 3 is 2.65 bits per heavy atom. The fraction of sp³-hybridized carbons (Fsp3) is 0.476. The molecule has 1 amide bonds. The molecule has 1 saturated carbocycles. The lowest BCUT2D eigenvalue weighted by molar-refractivity contribution is -0.131. The lowest BCUT2D eigenvalue weighted by atomic mass is 9.86. The van der Waals surface area contributed by atoms with E-state index in [1.807, 2.05) is 6.07 Å². The number of nitrogens with one attached hydrogen (secondary N) is 1. The number of aliphatic carboxylic acids is 1. The molecule has 0 unspecified atom stereocenters. The maximum atomic E-state index is 12.3. The molecule has 0 atom stereocenters. The first-order chi connectivity index (χ1) is 12.5. The van der Waals surface area contributed by atoms with Crippen molar-refractivity contribution in [2.24, 2.45) is 5.92 Å². The van der Waals surface area contributed by atoms with Crippen molar-refractivity contribution in [3.8, 4) is 0 Å². The van der Waals surface area contributed by atoms with Crippen LogP contribution in [0.2, 0.25) is 0 Å². The molecule has 0 bridgehead atoms. The van der Waals surface area contributed by atoms with E-state index in [0.717, 1.165) is 18.1 Å². The van der Waals surface area contributed by atoms with Gasteiger partial charge in [-0.1, -0.05) is 32.1 Å². The highest BCUT2D eigenvalue weighted by atomic mass is 16.4. The Kier molecular flexibility index (Phi) is 5.86. The van der Waals surface area contributed by atoms with Crippen LogP contribution in [0.25, 0.3) is 0 Å². The first kappa shape index (κ1) is 18.4. The molecule has 0 spiro atoms. The maximum absolute atomic E-state index is 12.3. The monoisotopic (exact) mass is 355 g/mol. The van der Waals surface area contributed by atoms with Crippen molar-refractivity contribution in [1.82, 2.24) is 0 Å². The topological polar surface area (TPSA) is 83.5 Å². The summed E-state index contributed by atoms with van der Waals surface area (Å²) in [6.07, 6.45) is 9.84. The minimum absolute atomic E-state index is 0.0177. The molecule has 0 heterocycles. The Bertz CT molecular complexity index is 744. The number of aryl methyl sites for hydroxylation is 1. The van der Waals surface area contributed by atoms with Crippen LogP contribution in [0.3, 0.4) is 0 Å². The third-order valence-corrected chi connectivity index (χ3v) is 5.39. The third kappa shape index (κ3) is 4.59. The van der Waals surface area contributed by atoms with E-state index in [1.165, 1.54) is 32.1 Å². The normalized spacial score (nSPS) is 19.2. The Balaban J connectivity index is 1.60. The number of fused-ring (bicyclic) bond motifs is 1. The van der Waals surface area contributed by atoms with Crippen molar-refractivity contribution in [2.75, 3.05) is 5.32 Å². The molecule has 0 radical (unpaired) electrons. The highest BCUT2D eigenvalue weighted by Crippen LogP contribution is 2.29. The largest absolute Gasteiger partial charge is 0.478 e. The zero-order chi connectivity index (χ0) is 18.5. The summed E-state index contributed by atoms with van der Waals surface area (Å²) in [5, 5.41) is 11.8. The van der Waals surface area contributed by atoms with Gasteiger partial charge in [0, 0.05) is 29.3 Å². The van der Waals surface area contributed by atoms with Gasteiger partial charge in [-0.3, -0.25) is 9.59 Å². The van der Waals surface area contributed by atoms with Crippen molar-refractivity contribution in [3.63, 3.8) is 0 Å². The Morgan fingerprint density at radius 1 is 1.15 bits per heavy atom. The van der Waals surface area contributed by atoms with Crippen molar-refractivity contribution in [1.29, 1.82) is 0 Å². The number of allylic oxidation sites excluding steroid dienone is 1. The van der Waals surface area contributed by atoms with E-state index in [1.54, 1.807) is 12.1 Å². The summed E-state index contributed by atoms with van der Waals surface area (Å²) in [6, 6.07) is 5.24. The Labute approximate surface area is 153 Å². The minimum Gasteiger partial charge on any atom is -0.478 e. The summed E-state index contributed by atoms with van der Waals surface area (Å²) in [4.78, 5) is 35.4. The molecule has 5 nitrogen and oxygen atoms in total. The smallest absolute Gasteiger partial charge is 0.328 e. The molecule has 26 heavy (non-hydrogen) atoms. The molecule has 0 aliphatic heterocycles. The van der Waals surface area contributed by atoms with Crippen molar-refractivity contribution in [2.45, 2.75) is 57.8 Å². The van der Waals surface area contributed by atoms with Crippen molar-refractivity contribution < 1.29 is 19.5 Å². The van der Waals surface area contributed by atoms with E-state index in [2.05, 4.69) is 5.32 Å². The number of rotatable bonds is 5. The maximum Gasteiger partial charge on any atom is 0.328 e. The minimum atomic E-state index is -1.10. The Morgan fingerprint density at radius 2 is 1.92 bits per heavy atom. The van der Waals surface area contributed by atoms with Gasteiger partial charge in [-0.25, -0.2) is 4.79 Å². The van der Waals surface area contributed by atoms with Gasteiger partial charge in [0.2, 0.25) is 5.91 Å². The average molecular weight is 355 g/mol. The average Bonchev–Trinajstić information content (AvgIpc) is 2.63. The van der Waals surface area contributed by atoms with Crippen LogP contribution >= 0.6 is 0 Å². The number of benzene rings is 1. The molecule has 2 aliphatic rings. The molecular weight excluding hydrogens is 330 g/mol. The van der Waals surface area contributed by atoms with E-state index in [0.29, 0.717) is 42.0 Å². The van der Waals surface area contributed by atoms with Gasteiger partial charge in [0.15, 0.2) is 5.78 Å². The molecule has 138 valence electrons. The quantitative estimate of drug-likeness (QED) is 0.778. The van der Waals surface area contributed by atoms with Crippen LogP contribution < -0.4 is 5.32 Å². The number of carbonyl (C=O) groups excluding carboxylic acids is 2. The summed E-state index contributed by atoms with van der Waals surface area (Å²) >= 11 is 0. The lowest BCUT2D eigenvalue weighted by Gasteiger charge is -2.21. The van der Waals surface area contributed by atoms with Crippen LogP contribution in [0.15, 0.2) is 29.8 Å². The van der Waals surface area contributed by atoms with E-state index in [9.17, 15) is 14.4 Å². The second-order valence-corrected chi connectivity index (χ2v) is 7.30. The van der Waals surface area contributed by atoms with Crippen LogP contribution in [0, 0.1) is 5.92 Å². The van der Waals surface area contributed by atoms with Crippen LogP contribution in [0.1, 0.15) is 67.3 Å². The first-order valence-electron chi connectivity index (χ1n) is 9.44. The van der Waals surface area contributed by atoms with Crippen LogP contribution in [-0.2, 0) is 16.0 Å². The molecule has 1 aromatic rings. The molecule has 1 aromatic carbocycles. The number of hydrogen-bond acceptors (Lipinski definition) is 3. The molecule has 0 aromatic heterocycles. The van der Waals surface area contributed by atoms with Gasteiger partial charge >= 0.3 is 5.97 Å². The molecule has 2 aliphatic carbocycles. The van der Waals surface area contributed by atoms with Gasteiger partial charge in [0.05, 0.1) is 0 Å². The molecular formula is C21H25NO4. The third-order valence-electron chi connectivity index (χ3n) is 5.39. The zero-order valence-corrected chi connectivity index (χ0v) is 14.9. The van der Waals surface area contributed by atoms with Gasteiger partial charge in [-0.05, 0) is 48.9 Å². The van der Waals surface area contributed by atoms with E-state index < -0.39 is 5.97 Å². The lowest BCUT2D eigenvalue weighted by Crippen LogP contribution is -2.17. The second-order valence-electron chi connectivity index (χ2n) is 7.30.